The van der Waals surface area contributed by atoms with Crippen LogP contribution >= 0.6 is 0 Å². The van der Waals surface area contributed by atoms with Crippen molar-refractivity contribution < 1.29 is 0 Å². The Hall–Kier alpha value is -9.88. The maximum atomic E-state index is 2.50. The van der Waals surface area contributed by atoms with Crippen LogP contribution in [0.5, 0.6) is 0 Å². The van der Waals surface area contributed by atoms with Gasteiger partial charge in [-0.25, -0.2) is 0 Å². The molecule has 0 N–H and O–H groups in total. The molecule has 0 saturated heterocycles. The van der Waals surface area contributed by atoms with Crippen molar-refractivity contribution in [3.05, 3.63) is 303 Å². The number of hydrogen-bond donors (Lipinski definition) is 0. The summed E-state index contributed by atoms with van der Waals surface area (Å²) in [6, 6.07) is 112. The summed E-state index contributed by atoms with van der Waals surface area (Å²) in [6.07, 6.45) is 0. The SMILES string of the molecule is c1ccc(-c2cc(-c3ccccc3)c(-c3ccccc3)c(-c3ccc4c(c3)-c3cccc5c(-c6c(-c7ccccc7)c(-c7ccccc7)cc(-c7ccccc7)c6-c6ccccc6)ccc-4c35)c2-c2ccccc2)cc1. The molecule has 14 rings (SSSR count). The van der Waals surface area contributed by atoms with E-state index in [1.807, 2.05) is 0 Å². The van der Waals surface area contributed by atoms with Crippen molar-refractivity contribution in [2.24, 2.45) is 0 Å². The van der Waals surface area contributed by atoms with E-state index in [0.29, 0.717) is 0 Å². The van der Waals surface area contributed by atoms with Crippen LogP contribution in [0.4, 0.5) is 0 Å². The average molecular weight is 963 g/mol. The lowest BCUT2D eigenvalue weighted by molar-refractivity contribution is 1.53. The molecule has 0 fully saturated rings. The van der Waals surface area contributed by atoms with Gasteiger partial charge in [0.1, 0.15) is 0 Å². The van der Waals surface area contributed by atoms with E-state index in [9.17, 15) is 0 Å². The van der Waals surface area contributed by atoms with Crippen molar-refractivity contribution in [1.29, 1.82) is 0 Å². The van der Waals surface area contributed by atoms with Crippen LogP contribution in [-0.4, -0.2) is 0 Å². The summed E-state index contributed by atoms with van der Waals surface area (Å²) >= 11 is 0. The minimum Gasteiger partial charge on any atom is -0.0622 e. The van der Waals surface area contributed by atoms with Gasteiger partial charge in [0.25, 0.3) is 0 Å². The summed E-state index contributed by atoms with van der Waals surface area (Å²) < 4.78 is 0. The lowest BCUT2D eigenvalue weighted by Gasteiger charge is -2.25. The molecule has 0 saturated carbocycles. The molecule has 0 atom stereocenters. The molecule has 0 spiro atoms. The molecule has 0 unspecified atom stereocenters. The van der Waals surface area contributed by atoms with Crippen LogP contribution in [0, 0.1) is 0 Å². The number of fused-ring (bicyclic) bond motifs is 3. The first-order valence-corrected chi connectivity index (χ1v) is 26.3. The highest BCUT2D eigenvalue weighted by Crippen LogP contribution is 2.57. The predicted octanol–water partition coefficient (Wildman–Crippen LogP) is 21.2. The van der Waals surface area contributed by atoms with Gasteiger partial charge in [0, 0.05) is 0 Å². The Labute approximate surface area is 445 Å². The van der Waals surface area contributed by atoms with Gasteiger partial charge in [0.05, 0.1) is 0 Å². The Morgan fingerprint density at radius 2 is 0.434 bits per heavy atom. The molecule has 13 aromatic rings. The standard InChI is InChI=1S/C76H50/c1-9-26-51(27-10-1)65-49-66(52-28-11-2-12-29-52)71(56-36-19-6-20-37-56)74(70(65)55-34-17-5-18-35-55)59-44-45-60-63-46-47-64(61-42-25-43-62(75(61)63)69(60)48-59)76-72(57-38-21-7-22-39-57)67(53-30-13-3-14-31-53)50-68(54-32-15-4-16-33-54)73(76)58-40-23-8-24-41-58/h1-50H. The zero-order valence-corrected chi connectivity index (χ0v) is 41.9. The smallest absolute Gasteiger partial charge is 0.000807 e. The Morgan fingerprint density at radius 1 is 0.132 bits per heavy atom. The van der Waals surface area contributed by atoms with Gasteiger partial charge in [0.2, 0.25) is 0 Å². The molecular weight excluding hydrogens is 913 g/mol. The van der Waals surface area contributed by atoms with E-state index >= 15 is 0 Å². The molecule has 0 nitrogen and oxygen atoms in total. The number of hydrogen-bond acceptors (Lipinski definition) is 0. The average Bonchev–Trinajstić information content (AvgIpc) is 3.96. The molecule has 354 valence electrons. The zero-order chi connectivity index (χ0) is 50.4. The largest absolute Gasteiger partial charge is 0.0622 e. The maximum Gasteiger partial charge on any atom is -0.000807 e. The van der Waals surface area contributed by atoms with Gasteiger partial charge in [-0.1, -0.05) is 285 Å². The molecule has 0 aromatic heterocycles. The third-order valence-corrected chi connectivity index (χ3v) is 15.4. The van der Waals surface area contributed by atoms with Crippen LogP contribution in [-0.2, 0) is 0 Å². The van der Waals surface area contributed by atoms with Crippen LogP contribution in [0.2, 0.25) is 0 Å². The van der Waals surface area contributed by atoms with E-state index in [1.165, 1.54) is 144 Å². The molecule has 0 heteroatoms. The first kappa shape index (κ1) is 44.8. The molecule has 76 heavy (non-hydrogen) atoms. The third kappa shape index (κ3) is 7.70. The summed E-state index contributed by atoms with van der Waals surface area (Å²) in [7, 11) is 0. The van der Waals surface area contributed by atoms with Crippen LogP contribution in [0.3, 0.4) is 0 Å². The molecule has 1 aliphatic rings. The molecule has 0 amide bonds. The van der Waals surface area contributed by atoms with Crippen molar-refractivity contribution in [3.8, 4) is 134 Å². The lowest BCUT2D eigenvalue weighted by atomic mass is 9.77. The fraction of sp³-hybridized carbons (Fsp3) is 0. The van der Waals surface area contributed by atoms with Gasteiger partial charge in [-0.2, -0.15) is 0 Å². The van der Waals surface area contributed by atoms with Crippen molar-refractivity contribution >= 4 is 10.8 Å². The Kier molecular flexibility index (Phi) is 11.3. The quantitative estimate of drug-likeness (QED) is 0.128. The van der Waals surface area contributed by atoms with Gasteiger partial charge in [-0.3, -0.25) is 0 Å². The number of benzene rings is 13. The summed E-state index contributed by atoms with van der Waals surface area (Å²) in [6.45, 7) is 0. The van der Waals surface area contributed by atoms with E-state index in [-0.39, 0.29) is 0 Å². The summed E-state index contributed by atoms with van der Waals surface area (Å²) in [4.78, 5) is 0. The third-order valence-electron chi connectivity index (χ3n) is 15.4. The second-order valence-corrected chi connectivity index (χ2v) is 19.8. The fourth-order valence-electron chi connectivity index (χ4n) is 12.2. The molecule has 13 aromatic carbocycles. The predicted molar refractivity (Wildman–Crippen MR) is 323 cm³/mol. The van der Waals surface area contributed by atoms with E-state index in [0.717, 1.165) is 0 Å². The first-order valence-electron chi connectivity index (χ1n) is 26.3. The molecule has 0 aliphatic heterocycles. The topological polar surface area (TPSA) is 0 Å². The molecule has 0 bridgehead atoms. The van der Waals surface area contributed by atoms with E-state index in [4.69, 9.17) is 0 Å². The monoisotopic (exact) mass is 962 g/mol. The van der Waals surface area contributed by atoms with E-state index in [2.05, 4.69) is 303 Å². The highest BCUT2D eigenvalue weighted by atomic mass is 14.3. The molecule has 0 heterocycles. The highest BCUT2D eigenvalue weighted by Gasteiger charge is 2.30. The first-order chi connectivity index (χ1) is 37.8. The van der Waals surface area contributed by atoms with Crippen LogP contribution in [0.1, 0.15) is 0 Å². The summed E-state index contributed by atoms with van der Waals surface area (Å²) in [5, 5.41) is 2.52. The van der Waals surface area contributed by atoms with Crippen molar-refractivity contribution in [1.82, 2.24) is 0 Å². The second kappa shape index (κ2) is 19.2. The Balaban J connectivity index is 1.07. The summed E-state index contributed by atoms with van der Waals surface area (Å²) in [5.41, 5.74) is 29.0. The van der Waals surface area contributed by atoms with E-state index in [1.54, 1.807) is 0 Å². The Bertz CT molecular complexity index is 4040. The van der Waals surface area contributed by atoms with Gasteiger partial charge < -0.3 is 0 Å². The van der Waals surface area contributed by atoms with Crippen molar-refractivity contribution in [2.45, 2.75) is 0 Å². The van der Waals surface area contributed by atoms with Crippen LogP contribution in [0.25, 0.3) is 144 Å². The molecule has 0 radical (unpaired) electrons. The minimum absolute atomic E-state index is 1.18. The highest BCUT2D eigenvalue weighted by molar-refractivity contribution is 6.22. The van der Waals surface area contributed by atoms with Crippen molar-refractivity contribution in [3.63, 3.8) is 0 Å². The van der Waals surface area contributed by atoms with E-state index < -0.39 is 0 Å². The van der Waals surface area contributed by atoms with Gasteiger partial charge in [0.15, 0.2) is 0 Å². The normalized spacial score (nSPS) is 11.4. The fourth-order valence-corrected chi connectivity index (χ4v) is 12.2. The van der Waals surface area contributed by atoms with Crippen LogP contribution in [0.15, 0.2) is 303 Å². The van der Waals surface area contributed by atoms with Crippen LogP contribution < -0.4 is 0 Å². The molecule has 1 aliphatic carbocycles. The van der Waals surface area contributed by atoms with Crippen molar-refractivity contribution in [2.75, 3.05) is 0 Å². The van der Waals surface area contributed by atoms with Gasteiger partial charge >= 0.3 is 0 Å². The zero-order valence-electron chi connectivity index (χ0n) is 41.9. The summed E-state index contributed by atoms with van der Waals surface area (Å²) in [5.74, 6) is 0. The molecular formula is C76H50. The maximum absolute atomic E-state index is 2.50. The van der Waals surface area contributed by atoms with Gasteiger partial charge in [-0.05, 0) is 162 Å². The minimum atomic E-state index is 1.18. The number of rotatable bonds is 10. The Morgan fingerprint density at radius 3 is 0.803 bits per heavy atom. The van der Waals surface area contributed by atoms with Gasteiger partial charge in [-0.15, -0.1) is 0 Å². The second-order valence-electron chi connectivity index (χ2n) is 19.8. The lowest BCUT2D eigenvalue weighted by Crippen LogP contribution is -1.98.